The number of sulfonamides is 1. The first-order chi connectivity index (χ1) is 19.8. The monoisotopic (exact) mass is 576 g/mol. The number of rotatable bonds is 10. The number of nitrogens with one attached hydrogen (secondary N) is 3. The van der Waals surface area contributed by atoms with Crippen LogP contribution in [0.15, 0.2) is 72.9 Å². The van der Waals surface area contributed by atoms with Crippen molar-refractivity contribution in [2.24, 2.45) is 0 Å². The molecule has 1 aliphatic heterocycles. The number of amides is 1. The van der Waals surface area contributed by atoms with Crippen molar-refractivity contribution in [1.82, 2.24) is 9.88 Å². The molecular formula is C31H36N4O5S. The fourth-order valence-electron chi connectivity index (χ4n) is 5.30. The number of hydrogen-bond donors (Lipinski definition) is 4. The predicted molar refractivity (Wildman–Crippen MR) is 162 cm³/mol. The van der Waals surface area contributed by atoms with E-state index in [0.29, 0.717) is 30.6 Å². The van der Waals surface area contributed by atoms with Gasteiger partial charge in [0.2, 0.25) is 10.0 Å². The maximum Gasteiger partial charge on any atom is 0.251 e. The lowest BCUT2D eigenvalue weighted by Crippen LogP contribution is -2.47. The number of ether oxygens (including phenoxy) is 1. The minimum Gasteiger partial charge on any atom is -0.497 e. The lowest BCUT2D eigenvalue weighted by molar-refractivity contribution is 0.0851. The fourth-order valence-corrected chi connectivity index (χ4v) is 6.40. The molecule has 0 fully saturated rings. The summed E-state index contributed by atoms with van der Waals surface area (Å²) in [5.74, 6) is 0.358. The van der Waals surface area contributed by atoms with Gasteiger partial charge in [0.15, 0.2) is 0 Å². The summed E-state index contributed by atoms with van der Waals surface area (Å²) in [5.41, 5.74) is 4.34. The zero-order valence-electron chi connectivity index (χ0n) is 23.3. The number of anilines is 2. The summed E-state index contributed by atoms with van der Waals surface area (Å²) < 4.78 is 35.3. The average Bonchev–Trinajstić information content (AvgIpc) is 3.33. The average molecular weight is 577 g/mol. The van der Waals surface area contributed by atoms with Crippen molar-refractivity contribution in [3.63, 3.8) is 0 Å². The molecule has 4 aromatic rings. The predicted octanol–water partition coefficient (Wildman–Crippen LogP) is 4.17. The molecule has 0 radical (unpaired) electrons. The SMILES string of the molecule is CCc1cn2c3c(cc(C(=O)N[C@@H](Cc4ccccc4)[C@H](O)CNc4ccc(OC)cc4)cc13)NS(=O)(=O)CCC2. The summed E-state index contributed by atoms with van der Waals surface area (Å²) >= 11 is 0. The van der Waals surface area contributed by atoms with Crippen LogP contribution < -0.4 is 20.1 Å². The third-order valence-electron chi connectivity index (χ3n) is 7.46. The van der Waals surface area contributed by atoms with Crippen LogP contribution in [0.3, 0.4) is 0 Å². The lowest BCUT2D eigenvalue weighted by atomic mass is 9.99. The van der Waals surface area contributed by atoms with Crippen LogP contribution in [-0.2, 0) is 29.4 Å². The number of carbonyl (C=O) groups excluding carboxylic acids is 1. The van der Waals surface area contributed by atoms with Crippen LogP contribution in [0.4, 0.5) is 11.4 Å². The number of methoxy groups -OCH3 is 1. The first-order valence-corrected chi connectivity index (χ1v) is 15.5. The van der Waals surface area contributed by atoms with Crippen LogP contribution in [0.2, 0.25) is 0 Å². The van der Waals surface area contributed by atoms with Crippen LogP contribution in [0, 0.1) is 0 Å². The van der Waals surface area contributed by atoms with Gasteiger partial charge in [-0.15, -0.1) is 0 Å². The van der Waals surface area contributed by atoms with Gasteiger partial charge in [-0.05, 0) is 66.8 Å². The van der Waals surface area contributed by atoms with E-state index in [0.717, 1.165) is 39.9 Å². The molecule has 0 aliphatic carbocycles. The summed E-state index contributed by atoms with van der Waals surface area (Å²) in [6.07, 6.45) is 2.79. The number of aliphatic hydroxyl groups excluding tert-OH is 1. The summed E-state index contributed by atoms with van der Waals surface area (Å²) in [6, 6.07) is 19.9. The van der Waals surface area contributed by atoms with Crippen LogP contribution in [0.5, 0.6) is 5.75 Å². The number of carbonyl (C=O) groups is 1. The van der Waals surface area contributed by atoms with E-state index in [2.05, 4.69) is 19.9 Å². The second-order valence-electron chi connectivity index (χ2n) is 10.3. The Morgan fingerprint density at radius 3 is 2.59 bits per heavy atom. The van der Waals surface area contributed by atoms with Crippen LogP contribution >= 0.6 is 0 Å². The highest BCUT2D eigenvalue weighted by Crippen LogP contribution is 2.33. The number of aryl methyl sites for hydroxylation is 2. The number of nitrogens with zero attached hydrogens (tertiary/aromatic N) is 1. The molecule has 5 rings (SSSR count). The third-order valence-corrected chi connectivity index (χ3v) is 8.82. The maximum absolute atomic E-state index is 13.7. The number of aliphatic hydroxyl groups is 1. The molecular weight excluding hydrogens is 540 g/mol. The molecule has 9 nitrogen and oxygen atoms in total. The molecule has 0 saturated carbocycles. The Hall–Kier alpha value is -4.02. The summed E-state index contributed by atoms with van der Waals surface area (Å²) in [6.45, 7) is 2.83. The molecule has 1 amide bonds. The van der Waals surface area contributed by atoms with Crippen molar-refractivity contribution < 1.29 is 23.1 Å². The quantitative estimate of drug-likeness (QED) is 0.225. The largest absolute Gasteiger partial charge is 0.497 e. The molecule has 2 atom stereocenters. The zero-order chi connectivity index (χ0) is 29.0. The minimum absolute atomic E-state index is 0.0104. The van der Waals surface area contributed by atoms with E-state index in [1.165, 1.54) is 0 Å². The number of aromatic nitrogens is 1. The van der Waals surface area contributed by atoms with Gasteiger partial charge in [-0.1, -0.05) is 37.3 Å². The molecule has 0 saturated heterocycles. The Labute approximate surface area is 240 Å². The highest BCUT2D eigenvalue weighted by atomic mass is 32.2. The first kappa shape index (κ1) is 28.5. The summed E-state index contributed by atoms with van der Waals surface area (Å²) in [4.78, 5) is 13.7. The zero-order valence-corrected chi connectivity index (χ0v) is 24.1. The molecule has 4 N–H and O–H groups in total. The third kappa shape index (κ3) is 6.66. The molecule has 41 heavy (non-hydrogen) atoms. The molecule has 0 unspecified atom stereocenters. The Kier molecular flexibility index (Phi) is 8.51. The molecule has 2 heterocycles. The smallest absolute Gasteiger partial charge is 0.251 e. The summed E-state index contributed by atoms with van der Waals surface area (Å²) in [5, 5.41) is 18.3. The number of hydrogen-bond acceptors (Lipinski definition) is 6. The van der Waals surface area contributed by atoms with Gasteiger partial charge < -0.3 is 25.0 Å². The Morgan fingerprint density at radius 1 is 1.12 bits per heavy atom. The van der Waals surface area contributed by atoms with Gasteiger partial charge in [0.1, 0.15) is 5.75 Å². The van der Waals surface area contributed by atoms with Gasteiger partial charge in [0, 0.05) is 35.9 Å². The molecule has 0 spiro atoms. The van der Waals surface area contributed by atoms with E-state index in [1.54, 1.807) is 13.2 Å². The van der Waals surface area contributed by atoms with Gasteiger partial charge in [-0.2, -0.15) is 0 Å². The molecule has 0 bridgehead atoms. The van der Waals surface area contributed by atoms with Crippen LogP contribution in [0.25, 0.3) is 10.9 Å². The number of benzene rings is 3. The van der Waals surface area contributed by atoms with Gasteiger partial charge in [-0.25, -0.2) is 8.42 Å². The lowest BCUT2D eigenvalue weighted by Gasteiger charge is -2.25. The second kappa shape index (κ2) is 12.2. The van der Waals surface area contributed by atoms with Crippen molar-refractivity contribution in [3.05, 3.63) is 89.6 Å². The molecule has 1 aliphatic rings. The van der Waals surface area contributed by atoms with E-state index in [9.17, 15) is 18.3 Å². The standard InChI is InChI=1S/C31H36N4O5S/c1-3-22-20-35-14-7-15-41(38,39)34-28-18-23(17-26(22)30(28)35)31(37)33-27(16-21-8-5-4-6-9-21)29(36)19-32-24-10-12-25(40-2)13-11-24/h4-6,8-13,17-18,20,27,29,32,34,36H,3,7,14-16,19H2,1-2H3,(H,33,37)/t27-,29+/m0/s1. The fraction of sp³-hybridized carbons (Fsp3) is 0.323. The topological polar surface area (TPSA) is 122 Å². The van der Waals surface area contributed by atoms with E-state index >= 15 is 0 Å². The van der Waals surface area contributed by atoms with Crippen molar-refractivity contribution in [1.29, 1.82) is 0 Å². The molecule has 216 valence electrons. The maximum atomic E-state index is 13.7. The molecule has 1 aromatic heterocycles. The highest BCUT2D eigenvalue weighted by Gasteiger charge is 2.26. The normalized spacial score (nSPS) is 15.7. The van der Waals surface area contributed by atoms with Crippen molar-refractivity contribution in [2.75, 3.05) is 29.4 Å². The van der Waals surface area contributed by atoms with Crippen molar-refractivity contribution >= 4 is 38.2 Å². The van der Waals surface area contributed by atoms with Crippen molar-refractivity contribution in [2.45, 2.75) is 44.9 Å². The first-order valence-electron chi connectivity index (χ1n) is 13.8. The molecule has 10 heteroatoms. The van der Waals surface area contributed by atoms with E-state index < -0.39 is 22.2 Å². The van der Waals surface area contributed by atoms with Gasteiger partial charge in [0.25, 0.3) is 5.91 Å². The Morgan fingerprint density at radius 2 is 1.88 bits per heavy atom. The Bertz CT molecular complexity index is 1620. The summed E-state index contributed by atoms with van der Waals surface area (Å²) in [7, 11) is -1.93. The van der Waals surface area contributed by atoms with E-state index in [1.807, 2.05) is 73.8 Å². The highest BCUT2D eigenvalue weighted by molar-refractivity contribution is 7.92. The van der Waals surface area contributed by atoms with Crippen molar-refractivity contribution in [3.8, 4) is 5.75 Å². The Balaban J connectivity index is 1.42. The van der Waals surface area contributed by atoms with Gasteiger partial charge in [0.05, 0.1) is 36.2 Å². The van der Waals surface area contributed by atoms with E-state index in [4.69, 9.17) is 4.74 Å². The molecule has 3 aromatic carbocycles. The van der Waals surface area contributed by atoms with Crippen LogP contribution in [0.1, 0.15) is 34.8 Å². The van der Waals surface area contributed by atoms with E-state index in [-0.39, 0.29) is 18.2 Å². The van der Waals surface area contributed by atoms with Crippen LogP contribution in [-0.4, -0.2) is 55.6 Å². The van der Waals surface area contributed by atoms with Gasteiger partial charge in [-0.3, -0.25) is 9.52 Å². The van der Waals surface area contributed by atoms with Gasteiger partial charge >= 0.3 is 0 Å². The second-order valence-corrected chi connectivity index (χ2v) is 12.2. The minimum atomic E-state index is -3.54.